The second-order valence-electron chi connectivity index (χ2n) is 5.94. The van der Waals surface area contributed by atoms with E-state index in [9.17, 15) is 9.59 Å². The Bertz CT molecular complexity index is 588. The molecule has 1 unspecified atom stereocenters. The molecule has 0 aliphatic heterocycles. The fourth-order valence-corrected chi connectivity index (χ4v) is 2.61. The van der Waals surface area contributed by atoms with Crippen molar-refractivity contribution in [2.45, 2.75) is 51.5 Å². The molecule has 4 N–H and O–H groups in total. The Labute approximate surface area is 162 Å². The van der Waals surface area contributed by atoms with Crippen LogP contribution in [0.3, 0.4) is 0 Å². The molecule has 0 bridgehead atoms. The van der Waals surface area contributed by atoms with Gasteiger partial charge in [-0.15, -0.1) is 0 Å². The number of carboxylic acid groups (broad SMARTS) is 1. The number of amidine groups is 1. The first-order valence-electron chi connectivity index (χ1n) is 8.42. The van der Waals surface area contributed by atoms with Gasteiger partial charge in [0.2, 0.25) is 5.91 Å². The molecule has 1 aromatic carbocycles. The molecular formula is C18H26IN3O3. The van der Waals surface area contributed by atoms with E-state index in [1.807, 2.05) is 0 Å². The third kappa shape index (κ3) is 10.2. The molecule has 7 heteroatoms. The normalized spacial score (nSPS) is 12.7. The maximum Gasteiger partial charge on any atom is 0.320 e. The Balaban J connectivity index is 2.15. The van der Waals surface area contributed by atoms with Crippen molar-refractivity contribution in [3.05, 3.63) is 33.4 Å². The summed E-state index contributed by atoms with van der Waals surface area (Å²) < 4.78 is 1.20. The molecule has 6 nitrogen and oxygen atoms in total. The van der Waals surface area contributed by atoms with Gasteiger partial charge in [-0.2, -0.15) is 0 Å². The topological polar surface area (TPSA) is 105 Å². The van der Waals surface area contributed by atoms with Gasteiger partial charge in [0.1, 0.15) is 6.04 Å². The zero-order valence-corrected chi connectivity index (χ0v) is 16.7. The molecule has 0 spiro atoms. The van der Waals surface area contributed by atoms with Gasteiger partial charge in [0, 0.05) is 16.5 Å². The lowest BCUT2D eigenvalue weighted by Gasteiger charge is -2.06. The Morgan fingerprint density at radius 2 is 1.92 bits per heavy atom. The molecule has 1 amide bonds. The van der Waals surface area contributed by atoms with E-state index in [1.165, 1.54) is 9.13 Å². The van der Waals surface area contributed by atoms with E-state index in [0.29, 0.717) is 31.6 Å². The SMILES string of the molecule is C/C(=N\CCCCC(N)C(=O)O)NC(=O)CCCc1ccc(I)cc1. The molecular weight excluding hydrogens is 433 g/mol. The number of rotatable bonds is 10. The largest absolute Gasteiger partial charge is 0.480 e. The van der Waals surface area contributed by atoms with E-state index < -0.39 is 12.0 Å². The van der Waals surface area contributed by atoms with Crippen molar-refractivity contribution in [1.82, 2.24) is 5.32 Å². The first-order valence-corrected chi connectivity index (χ1v) is 9.50. The van der Waals surface area contributed by atoms with Gasteiger partial charge in [-0.3, -0.25) is 14.6 Å². The Kier molecular flexibility index (Phi) is 10.3. The number of aliphatic carboxylic acids is 1. The molecule has 25 heavy (non-hydrogen) atoms. The van der Waals surface area contributed by atoms with Crippen molar-refractivity contribution in [3.8, 4) is 0 Å². The zero-order chi connectivity index (χ0) is 18.7. The first-order chi connectivity index (χ1) is 11.9. The van der Waals surface area contributed by atoms with Gasteiger partial charge in [-0.1, -0.05) is 12.1 Å². The molecule has 0 fully saturated rings. The van der Waals surface area contributed by atoms with Crippen molar-refractivity contribution in [3.63, 3.8) is 0 Å². The van der Waals surface area contributed by atoms with Crippen LogP contribution in [0.1, 0.15) is 44.6 Å². The van der Waals surface area contributed by atoms with Crippen molar-refractivity contribution in [2.24, 2.45) is 10.7 Å². The van der Waals surface area contributed by atoms with E-state index >= 15 is 0 Å². The molecule has 0 aliphatic carbocycles. The van der Waals surface area contributed by atoms with E-state index in [-0.39, 0.29) is 5.91 Å². The number of aliphatic imine (C=N–C) groups is 1. The van der Waals surface area contributed by atoms with Gasteiger partial charge in [-0.25, -0.2) is 0 Å². The van der Waals surface area contributed by atoms with Crippen molar-refractivity contribution in [2.75, 3.05) is 6.54 Å². The molecule has 0 aromatic heterocycles. The van der Waals surface area contributed by atoms with E-state index in [4.69, 9.17) is 10.8 Å². The van der Waals surface area contributed by atoms with Crippen molar-refractivity contribution < 1.29 is 14.7 Å². The summed E-state index contributed by atoms with van der Waals surface area (Å²) in [6, 6.07) is 7.50. The number of benzene rings is 1. The summed E-state index contributed by atoms with van der Waals surface area (Å²) >= 11 is 2.27. The number of carbonyl (C=O) groups is 2. The molecule has 138 valence electrons. The van der Waals surface area contributed by atoms with Crippen molar-refractivity contribution in [1.29, 1.82) is 0 Å². The van der Waals surface area contributed by atoms with Crippen LogP contribution in [-0.4, -0.2) is 35.4 Å². The number of hydrogen-bond acceptors (Lipinski definition) is 4. The number of hydrogen-bond donors (Lipinski definition) is 3. The number of nitrogens with zero attached hydrogens (tertiary/aromatic N) is 1. The van der Waals surface area contributed by atoms with Crippen LogP contribution in [0.2, 0.25) is 0 Å². The number of unbranched alkanes of at least 4 members (excludes halogenated alkanes) is 1. The Morgan fingerprint density at radius 3 is 2.56 bits per heavy atom. The van der Waals surface area contributed by atoms with Crippen LogP contribution in [0.5, 0.6) is 0 Å². The number of nitrogens with two attached hydrogens (primary N) is 1. The minimum Gasteiger partial charge on any atom is -0.480 e. The standard InChI is InChI=1S/C18H26IN3O3/c1-13(21-12-3-2-6-16(20)18(24)25)22-17(23)7-4-5-14-8-10-15(19)11-9-14/h8-11,16H,2-7,12,20H2,1H3,(H,24,25)(H,21,22,23). The summed E-state index contributed by atoms with van der Waals surface area (Å²) in [5.74, 6) is -0.404. The fourth-order valence-electron chi connectivity index (χ4n) is 2.25. The lowest BCUT2D eigenvalue weighted by atomic mass is 10.1. The van der Waals surface area contributed by atoms with Crippen LogP contribution >= 0.6 is 22.6 Å². The van der Waals surface area contributed by atoms with Gasteiger partial charge < -0.3 is 16.2 Å². The summed E-state index contributed by atoms with van der Waals surface area (Å²) in [6.07, 6.45) is 4.04. The highest BCUT2D eigenvalue weighted by Crippen LogP contribution is 2.09. The summed E-state index contributed by atoms with van der Waals surface area (Å²) in [7, 11) is 0. The smallest absolute Gasteiger partial charge is 0.320 e. The molecule has 1 atom stereocenters. The molecule has 1 rings (SSSR count). The molecule has 0 saturated carbocycles. The lowest BCUT2D eigenvalue weighted by Crippen LogP contribution is -2.30. The quantitative estimate of drug-likeness (QED) is 0.217. The third-order valence-corrected chi connectivity index (χ3v) is 4.41. The van der Waals surface area contributed by atoms with E-state index in [0.717, 1.165) is 19.3 Å². The predicted octanol–water partition coefficient (Wildman–Crippen LogP) is 2.73. The molecule has 0 saturated heterocycles. The van der Waals surface area contributed by atoms with Crippen LogP contribution in [0, 0.1) is 3.57 Å². The van der Waals surface area contributed by atoms with Crippen LogP contribution in [0.4, 0.5) is 0 Å². The number of halogens is 1. The molecule has 0 radical (unpaired) electrons. The highest BCUT2D eigenvalue weighted by atomic mass is 127. The summed E-state index contributed by atoms with van der Waals surface area (Å²) in [5.41, 5.74) is 6.66. The van der Waals surface area contributed by atoms with Gasteiger partial charge in [0.05, 0.1) is 5.84 Å². The summed E-state index contributed by atoms with van der Waals surface area (Å²) in [4.78, 5) is 26.7. The van der Waals surface area contributed by atoms with E-state index in [1.54, 1.807) is 6.92 Å². The average molecular weight is 459 g/mol. The fraction of sp³-hybridized carbons (Fsp3) is 0.500. The number of carbonyl (C=O) groups excluding carboxylic acids is 1. The first kappa shape index (κ1) is 21.6. The average Bonchev–Trinajstić information content (AvgIpc) is 2.56. The number of carboxylic acids is 1. The molecule has 1 aromatic rings. The third-order valence-electron chi connectivity index (χ3n) is 3.69. The summed E-state index contributed by atoms with van der Waals surface area (Å²) in [5, 5.41) is 11.5. The number of amides is 1. The van der Waals surface area contributed by atoms with Gasteiger partial charge >= 0.3 is 5.97 Å². The van der Waals surface area contributed by atoms with Crippen LogP contribution in [0.25, 0.3) is 0 Å². The van der Waals surface area contributed by atoms with Crippen LogP contribution < -0.4 is 11.1 Å². The number of aryl methyl sites for hydroxylation is 1. The van der Waals surface area contributed by atoms with Gasteiger partial charge in [-0.05, 0) is 79.3 Å². The second-order valence-corrected chi connectivity index (χ2v) is 7.18. The highest BCUT2D eigenvalue weighted by Gasteiger charge is 2.09. The number of nitrogens with one attached hydrogen (secondary N) is 1. The predicted molar refractivity (Wildman–Crippen MR) is 108 cm³/mol. The van der Waals surface area contributed by atoms with Gasteiger partial charge in [0.15, 0.2) is 0 Å². The second kappa shape index (κ2) is 12.0. The van der Waals surface area contributed by atoms with Crippen LogP contribution in [0.15, 0.2) is 29.3 Å². The maximum absolute atomic E-state index is 11.9. The maximum atomic E-state index is 11.9. The molecule has 0 heterocycles. The minimum absolute atomic E-state index is 0.0281. The zero-order valence-electron chi connectivity index (χ0n) is 14.5. The van der Waals surface area contributed by atoms with Crippen LogP contribution in [-0.2, 0) is 16.0 Å². The molecule has 0 aliphatic rings. The van der Waals surface area contributed by atoms with E-state index in [2.05, 4.69) is 57.2 Å². The monoisotopic (exact) mass is 459 g/mol. The van der Waals surface area contributed by atoms with Gasteiger partial charge in [0.25, 0.3) is 0 Å². The van der Waals surface area contributed by atoms with Crippen molar-refractivity contribution >= 4 is 40.3 Å². The minimum atomic E-state index is -0.975. The lowest BCUT2D eigenvalue weighted by molar-refractivity contribution is -0.138. The Hall–Kier alpha value is -1.48. The summed E-state index contributed by atoms with van der Waals surface area (Å²) in [6.45, 7) is 2.32. The highest BCUT2D eigenvalue weighted by molar-refractivity contribution is 14.1. The Morgan fingerprint density at radius 1 is 1.24 bits per heavy atom.